The Hall–Kier alpha value is -2.34. The van der Waals surface area contributed by atoms with Crippen LogP contribution in [0.3, 0.4) is 0 Å². The van der Waals surface area contributed by atoms with Gasteiger partial charge in [0.1, 0.15) is 5.75 Å². The first-order chi connectivity index (χ1) is 11.2. The predicted molar refractivity (Wildman–Crippen MR) is 91.7 cm³/mol. The standard InChI is InChI=1S/C18H21NO4S/c1-18(2,3)19-17(20)13-23-14-9-11-16(12-10-14)24(21,22)15-7-5-4-6-8-15/h4-12H,13H2,1-3H3,(H,19,20). The van der Waals surface area contributed by atoms with Crippen LogP contribution in [0.4, 0.5) is 0 Å². The molecule has 0 aliphatic carbocycles. The van der Waals surface area contributed by atoms with Crippen LogP contribution in [0.15, 0.2) is 64.4 Å². The van der Waals surface area contributed by atoms with Crippen molar-refractivity contribution in [1.29, 1.82) is 0 Å². The maximum Gasteiger partial charge on any atom is 0.258 e. The number of nitrogens with one attached hydrogen (secondary N) is 1. The molecule has 0 atom stereocenters. The fourth-order valence-corrected chi connectivity index (χ4v) is 3.34. The molecule has 0 saturated carbocycles. The molecule has 0 saturated heterocycles. The molecule has 0 radical (unpaired) electrons. The predicted octanol–water partition coefficient (Wildman–Crippen LogP) is 2.81. The molecule has 0 heterocycles. The Morgan fingerprint density at radius 2 is 1.50 bits per heavy atom. The molecule has 0 fully saturated rings. The average Bonchev–Trinajstić information content (AvgIpc) is 2.52. The van der Waals surface area contributed by atoms with Crippen molar-refractivity contribution in [3.05, 3.63) is 54.6 Å². The number of hydrogen-bond donors (Lipinski definition) is 1. The molecule has 0 aliphatic heterocycles. The van der Waals surface area contributed by atoms with Crippen LogP contribution in [0.2, 0.25) is 0 Å². The quantitative estimate of drug-likeness (QED) is 0.903. The Kier molecular flexibility index (Phi) is 5.29. The molecule has 2 aromatic rings. The fourth-order valence-electron chi connectivity index (χ4n) is 2.05. The molecule has 2 rings (SSSR count). The van der Waals surface area contributed by atoms with E-state index in [1.807, 2.05) is 20.8 Å². The van der Waals surface area contributed by atoms with Crippen molar-refractivity contribution in [2.24, 2.45) is 0 Å². The number of amides is 1. The maximum absolute atomic E-state index is 12.5. The molecule has 0 spiro atoms. The van der Waals surface area contributed by atoms with Gasteiger partial charge in [0.05, 0.1) is 9.79 Å². The van der Waals surface area contributed by atoms with Crippen LogP contribution in [0.5, 0.6) is 5.75 Å². The summed E-state index contributed by atoms with van der Waals surface area (Å²) in [5.41, 5.74) is -0.325. The van der Waals surface area contributed by atoms with E-state index >= 15 is 0 Å². The average molecular weight is 347 g/mol. The summed E-state index contributed by atoms with van der Waals surface area (Å²) in [5.74, 6) is 0.203. The monoisotopic (exact) mass is 347 g/mol. The third-order valence-corrected chi connectivity index (χ3v) is 4.86. The van der Waals surface area contributed by atoms with Crippen molar-refractivity contribution in [2.75, 3.05) is 6.61 Å². The van der Waals surface area contributed by atoms with E-state index in [0.29, 0.717) is 5.75 Å². The SMILES string of the molecule is CC(C)(C)NC(=O)COc1ccc(S(=O)(=O)c2ccccc2)cc1. The van der Waals surface area contributed by atoms with Crippen LogP contribution in [0.25, 0.3) is 0 Å². The number of benzene rings is 2. The smallest absolute Gasteiger partial charge is 0.258 e. The fraction of sp³-hybridized carbons (Fsp3) is 0.278. The molecular weight excluding hydrogens is 326 g/mol. The van der Waals surface area contributed by atoms with Gasteiger partial charge in [0, 0.05) is 5.54 Å². The van der Waals surface area contributed by atoms with Gasteiger partial charge in [-0.2, -0.15) is 0 Å². The minimum atomic E-state index is -3.55. The van der Waals surface area contributed by atoms with Crippen LogP contribution in [-0.4, -0.2) is 26.5 Å². The van der Waals surface area contributed by atoms with Gasteiger partial charge >= 0.3 is 0 Å². The third-order valence-electron chi connectivity index (χ3n) is 3.07. The van der Waals surface area contributed by atoms with Gasteiger partial charge in [0.2, 0.25) is 9.84 Å². The summed E-state index contributed by atoms with van der Waals surface area (Å²) in [6.45, 7) is 5.53. The second-order valence-electron chi connectivity index (χ2n) is 6.37. The Bertz CT molecular complexity index is 791. The summed E-state index contributed by atoms with van der Waals surface area (Å²) in [7, 11) is -3.55. The first kappa shape index (κ1) is 18.0. The lowest BCUT2D eigenvalue weighted by molar-refractivity contribution is -0.124. The summed E-state index contributed by atoms with van der Waals surface area (Å²) in [5, 5.41) is 2.79. The van der Waals surface area contributed by atoms with E-state index in [1.165, 1.54) is 12.1 Å². The van der Waals surface area contributed by atoms with Crippen molar-refractivity contribution >= 4 is 15.7 Å². The molecule has 0 unspecified atom stereocenters. The maximum atomic E-state index is 12.5. The first-order valence-electron chi connectivity index (χ1n) is 7.52. The van der Waals surface area contributed by atoms with Crippen molar-refractivity contribution in [2.45, 2.75) is 36.1 Å². The van der Waals surface area contributed by atoms with E-state index in [1.54, 1.807) is 42.5 Å². The van der Waals surface area contributed by atoms with Crippen molar-refractivity contribution in [3.63, 3.8) is 0 Å². The Balaban J connectivity index is 2.05. The lowest BCUT2D eigenvalue weighted by atomic mass is 10.1. The number of ether oxygens (including phenoxy) is 1. The first-order valence-corrected chi connectivity index (χ1v) is 9.01. The largest absolute Gasteiger partial charge is 0.484 e. The van der Waals surface area contributed by atoms with Crippen LogP contribution in [0, 0.1) is 0 Å². The van der Waals surface area contributed by atoms with E-state index in [9.17, 15) is 13.2 Å². The molecule has 2 aromatic carbocycles. The lowest BCUT2D eigenvalue weighted by Crippen LogP contribution is -2.43. The molecule has 6 heteroatoms. The zero-order chi connectivity index (χ0) is 17.8. The Morgan fingerprint density at radius 3 is 2.04 bits per heavy atom. The van der Waals surface area contributed by atoms with Gasteiger partial charge < -0.3 is 10.1 Å². The van der Waals surface area contributed by atoms with E-state index in [4.69, 9.17) is 4.74 Å². The molecular formula is C18H21NO4S. The summed E-state index contributed by atoms with van der Waals surface area (Å²) >= 11 is 0. The van der Waals surface area contributed by atoms with Gasteiger partial charge in [-0.25, -0.2) is 8.42 Å². The lowest BCUT2D eigenvalue weighted by Gasteiger charge is -2.20. The minimum Gasteiger partial charge on any atom is -0.484 e. The van der Waals surface area contributed by atoms with E-state index in [2.05, 4.69) is 5.32 Å². The van der Waals surface area contributed by atoms with Crippen LogP contribution in [0.1, 0.15) is 20.8 Å². The van der Waals surface area contributed by atoms with E-state index in [0.717, 1.165) is 0 Å². The van der Waals surface area contributed by atoms with Gasteiger partial charge in [-0.3, -0.25) is 4.79 Å². The highest BCUT2D eigenvalue weighted by molar-refractivity contribution is 7.91. The third kappa shape index (κ3) is 4.83. The summed E-state index contributed by atoms with van der Waals surface area (Å²) < 4.78 is 30.3. The normalized spacial score (nSPS) is 11.8. The zero-order valence-corrected chi connectivity index (χ0v) is 14.8. The number of sulfone groups is 1. The van der Waals surface area contributed by atoms with E-state index < -0.39 is 9.84 Å². The minimum absolute atomic E-state index is 0.123. The second kappa shape index (κ2) is 7.05. The molecule has 1 N–H and O–H groups in total. The summed E-state index contributed by atoms with van der Waals surface area (Å²) in [6.07, 6.45) is 0. The van der Waals surface area contributed by atoms with Gasteiger partial charge in [0.25, 0.3) is 5.91 Å². The number of hydrogen-bond acceptors (Lipinski definition) is 4. The van der Waals surface area contributed by atoms with Gasteiger partial charge in [-0.05, 0) is 57.2 Å². The van der Waals surface area contributed by atoms with E-state index in [-0.39, 0.29) is 27.8 Å². The van der Waals surface area contributed by atoms with Crippen LogP contribution in [-0.2, 0) is 14.6 Å². The molecule has 5 nitrogen and oxygen atoms in total. The van der Waals surface area contributed by atoms with Gasteiger partial charge in [-0.15, -0.1) is 0 Å². The summed E-state index contributed by atoms with van der Waals surface area (Å²) in [6, 6.07) is 14.3. The van der Waals surface area contributed by atoms with Crippen molar-refractivity contribution in [1.82, 2.24) is 5.32 Å². The van der Waals surface area contributed by atoms with Gasteiger partial charge in [0.15, 0.2) is 6.61 Å². The summed E-state index contributed by atoms with van der Waals surface area (Å²) in [4.78, 5) is 12.1. The van der Waals surface area contributed by atoms with Crippen molar-refractivity contribution in [3.8, 4) is 5.75 Å². The molecule has 24 heavy (non-hydrogen) atoms. The Morgan fingerprint density at radius 1 is 0.958 bits per heavy atom. The van der Waals surface area contributed by atoms with Crippen molar-refractivity contribution < 1.29 is 17.9 Å². The highest BCUT2D eigenvalue weighted by atomic mass is 32.2. The molecule has 0 aliphatic rings. The second-order valence-corrected chi connectivity index (χ2v) is 8.32. The Labute approximate surface area is 142 Å². The molecule has 1 amide bonds. The van der Waals surface area contributed by atoms with Gasteiger partial charge in [-0.1, -0.05) is 18.2 Å². The highest BCUT2D eigenvalue weighted by Gasteiger charge is 2.17. The zero-order valence-electron chi connectivity index (χ0n) is 13.9. The highest BCUT2D eigenvalue weighted by Crippen LogP contribution is 2.22. The molecule has 0 bridgehead atoms. The number of carbonyl (C=O) groups excluding carboxylic acids is 1. The molecule has 128 valence electrons. The molecule has 0 aromatic heterocycles. The van der Waals surface area contributed by atoms with Crippen LogP contribution >= 0.6 is 0 Å². The number of carbonyl (C=O) groups is 1. The number of rotatable bonds is 5. The van der Waals surface area contributed by atoms with Crippen LogP contribution < -0.4 is 10.1 Å². The topological polar surface area (TPSA) is 72.5 Å².